The van der Waals surface area contributed by atoms with Gasteiger partial charge in [-0.2, -0.15) is 0 Å². The highest BCUT2D eigenvalue weighted by molar-refractivity contribution is 8.00. The van der Waals surface area contributed by atoms with Gasteiger partial charge >= 0.3 is 5.97 Å². The van der Waals surface area contributed by atoms with E-state index in [1.165, 1.54) is 11.8 Å². The zero-order valence-electron chi connectivity index (χ0n) is 15.0. The summed E-state index contributed by atoms with van der Waals surface area (Å²) in [5.74, 6) is 2.00. The Labute approximate surface area is 160 Å². The summed E-state index contributed by atoms with van der Waals surface area (Å²) in [4.78, 5) is 12.0. The quantitative estimate of drug-likeness (QED) is 0.602. The lowest BCUT2D eigenvalue weighted by Crippen LogP contribution is -2.12. The average Bonchev–Trinajstić information content (AvgIpc) is 3.38. The van der Waals surface area contributed by atoms with Gasteiger partial charge in [-0.15, -0.1) is 10.2 Å². The smallest absolute Gasteiger partial charge is 0.319 e. The number of rotatable bonds is 6. The Morgan fingerprint density at radius 3 is 2.89 bits per heavy atom. The summed E-state index contributed by atoms with van der Waals surface area (Å²) in [7, 11) is 1.63. The van der Waals surface area contributed by atoms with Crippen molar-refractivity contribution in [2.45, 2.75) is 36.4 Å². The largest absolute Gasteiger partial charge is 0.497 e. The minimum atomic E-state index is -0.280. The fraction of sp³-hybridized carbons (Fsp3) is 0.316. The van der Waals surface area contributed by atoms with Gasteiger partial charge in [0, 0.05) is 12.0 Å². The summed E-state index contributed by atoms with van der Waals surface area (Å²) in [5, 5.41) is 9.08. The number of carbonyl (C=O) groups excluding carboxylic acids is 1. The van der Waals surface area contributed by atoms with Gasteiger partial charge in [0.25, 0.3) is 0 Å². The molecular weight excluding hydrogens is 366 g/mol. The lowest BCUT2D eigenvalue weighted by atomic mass is 10.2. The van der Waals surface area contributed by atoms with E-state index in [0.717, 1.165) is 17.1 Å². The first kappa shape index (κ1) is 17.7. The third-order valence-electron chi connectivity index (χ3n) is 4.31. The summed E-state index contributed by atoms with van der Waals surface area (Å²) < 4.78 is 18.0. The molecule has 1 fully saturated rings. The van der Waals surface area contributed by atoms with E-state index in [4.69, 9.17) is 13.9 Å². The highest BCUT2D eigenvalue weighted by Crippen LogP contribution is 2.34. The Balaban J connectivity index is 1.70. The van der Waals surface area contributed by atoms with E-state index in [2.05, 4.69) is 10.2 Å². The highest BCUT2D eigenvalue weighted by atomic mass is 32.2. The van der Waals surface area contributed by atoms with Crippen molar-refractivity contribution in [1.82, 2.24) is 14.8 Å². The van der Waals surface area contributed by atoms with Gasteiger partial charge in [-0.3, -0.25) is 9.36 Å². The molecule has 1 saturated heterocycles. The Kier molecular flexibility index (Phi) is 4.89. The fourth-order valence-corrected chi connectivity index (χ4v) is 4.14. The maximum absolute atomic E-state index is 12.0. The van der Waals surface area contributed by atoms with E-state index >= 15 is 0 Å². The zero-order chi connectivity index (χ0) is 18.8. The number of furan rings is 1. The number of aromatic nitrogens is 3. The molecule has 0 bridgehead atoms. The lowest BCUT2D eigenvalue weighted by molar-refractivity contribution is -0.140. The van der Waals surface area contributed by atoms with Gasteiger partial charge in [-0.05, 0) is 31.2 Å². The number of cyclic esters (lactones) is 1. The normalized spacial score (nSPS) is 19.3. The van der Waals surface area contributed by atoms with Crippen LogP contribution in [0.5, 0.6) is 5.75 Å². The molecule has 3 heterocycles. The number of thioether (sulfide) groups is 1. The van der Waals surface area contributed by atoms with Crippen LogP contribution >= 0.6 is 11.8 Å². The van der Waals surface area contributed by atoms with Gasteiger partial charge in [0.05, 0.1) is 19.9 Å². The number of benzene rings is 1. The predicted octanol–water partition coefficient (Wildman–Crippen LogP) is 3.39. The second-order valence-corrected chi connectivity index (χ2v) is 7.46. The van der Waals surface area contributed by atoms with E-state index in [1.54, 1.807) is 13.4 Å². The molecule has 0 spiro atoms. The summed E-state index contributed by atoms with van der Waals surface area (Å²) >= 11 is 1.38. The molecule has 0 aliphatic carbocycles. The molecule has 0 saturated carbocycles. The van der Waals surface area contributed by atoms with Gasteiger partial charge in [-0.25, -0.2) is 0 Å². The lowest BCUT2D eigenvalue weighted by Gasteiger charge is -2.11. The zero-order valence-corrected chi connectivity index (χ0v) is 15.8. The first-order chi connectivity index (χ1) is 13.1. The van der Waals surface area contributed by atoms with E-state index in [1.807, 2.05) is 47.9 Å². The summed E-state index contributed by atoms with van der Waals surface area (Å²) in [6.07, 6.45) is 2.22. The molecule has 2 atom stereocenters. The SMILES string of the molecule is COc1cccc(-c2nnc(SC3CC(C)OC3=O)n2Cc2ccco2)c1. The molecule has 1 aliphatic rings. The Morgan fingerprint density at radius 2 is 2.19 bits per heavy atom. The summed E-state index contributed by atoms with van der Waals surface area (Å²) in [6.45, 7) is 2.36. The molecule has 3 aromatic rings. The molecule has 1 aliphatic heterocycles. The number of carbonyl (C=O) groups is 1. The van der Waals surface area contributed by atoms with Crippen molar-refractivity contribution >= 4 is 17.7 Å². The number of hydrogen-bond acceptors (Lipinski definition) is 7. The van der Waals surface area contributed by atoms with Gasteiger partial charge in [0.1, 0.15) is 22.9 Å². The number of hydrogen-bond donors (Lipinski definition) is 0. The van der Waals surface area contributed by atoms with Crippen LogP contribution in [0.1, 0.15) is 19.1 Å². The van der Waals surface area contributed by atoms with Crippen LogP contribution in [0.4, 0.5) is 0 Å². The maximum Gasteiger partial charge on any atom is 0.319 e. The first-order valence-corrected chi connectivity index (χ1v) is 9.49. The Bertz CT molecular complexity index is 938. The second kappa shape index (κ2) is 7.48. The van der Waals surface area contributed by atoms with Gasteiger partial charge in [0.15, 0.2) is 11.0 Å². The molecular formula is C19H19N3O4S. The van der Waals surface area contributed by atoms with Crippen LogP contribution in [0, 0.1) is 0 Å². The van der Waals surface area contributed by atoms with Crippen LogP contribution in [0.15, 0.2) is 52.2 Å². The molecule has 0 radical (unpaired) electrons. The van der Waals surface area contributed by atoms with Crippen LogP contribution in [0.25, 0.3) is 11.4 Å². The number of methoxy groups -OCH3 is 1. The summed E-state index contributed by atoms with van der Waals surface area (Å²) in [6, 6.07) is 11.4. The second-order valence-electron chi connectivity index (χ2n) is 6.29. The Morgan fingerprint density at radius 1 is 1.30 bits per heavy atom. The van der Waals surface area contributed by atoms with Crippen molar-refractivity contribution in [3.63, 3.8) is 0 Å². The molecule has 1 aromatic carbocycles. The first-order valence-electron chi connectivity index (χ1n) is 8.61. The number of ether oxygens (including phenoxy) is 2. The van der Waals surface area contributed by atoms with Gasteiger partial charge in [0.2, 0.25) is 0 Å². The van der Waals surface area contributed by atoms with E-state index in [0.29, 0.717) is 23.9 Å². The topological polar surface area (TPSA) is 79.4 Å². The van der Waals surface area contributed by atoms with Crippen molar-refractivity contribution in [1.29, 1.82) is 0 Å². The van der Waals surface area contributed by atoms with Crippen molar-refractivity contribution in [3.8, 4) is 17.1 Å². The minimum absolute atomic E-state index is 0.0747. The minimum Gasteiger partial charge on any atom is -0.497 e. The number of nitrogens with zero attached hydrogens (tertiary/aromatic N) is 3. The standard InChI is InChI=1S/C19H19N3O4S/c1-12-9-16(18(23)26-12)27-19-21-20-17(13-5-3-6-14(10-13)24-2)22(19)11-15-7-4-8-25-15/h3-8,10,12,16H,9,11H2,1-2H3. The van der Waals surface area contributed by atoms with E-state index in [-0.39, 0.29) is 17.3 Å². The van der Waals surface area contributed by atoms with Crippen molar-refractivity contribution < 1.29 is 18.7 Å². The highest BCUT2D eigenvalue weighted by Gasteiger charge is 2.34. The fourth-order valence-electron chi connectivity index (χ4n) is 3.00. The van der Waals surface area contributed by atoms with E-state index in [9.17, 15) is 4.79 Å². The molecule has 4 rings (SSSR count). The number of esters is 1. The van der Waals surface area contributed by atoms with Crippen LogP contribution in [0.2, 0.25) is 0 Å². The maximum atomic E-state index is 12.0. The molecule has 0 N–H and O–H groups in total. The molecule has 27 heavy (non-hydrogen) atoms. The van der Waals surface area contributed by atoms with Crippen molar-refractivity contribution in [2.75, 3.05) is 7.11 Å². The summed E-state index contributed by atoms with van der Waals surface area (Å²) in [5.41, 5.74) is 0.877. The van der Waals surface area contributed by atoms with Crippen LogP contribution in [0.3, 0.4) is 0 Å². The molecule has 7 nitrogen and oxygen atoms in total. The molecule has 2 unspecified atom stereocenters. The third kappa shape index (κ3) is 3.71. The van der Waals surface area contributed by atoms with E-state index < -0.39 is 0 Å². The molecule has 0 amide bonds. The average molecular weight is 385 g/mol. The Hall–Kier alpha value is -2.74. The predicted molar refractivity (Wildman–Crippen MR) is 99.6 cm³/mol. The van der Waals surface area contributed by atoms with Crippen LogP contribution in [-0.2, 0) is 16.1 Å². The van der Waals surface area contributed by atoms with Crippen LogP contribution in [-0.4, -0.2) is 39.2 Å². The van der Waals surface area contributed by atoms with Gasteiger partial charge < -0.3 is 13.9 Å². The van der Waals surface area contributed by atoms with Crippen molar-refractivity contribution in [3.05, 3.63) is 48.4 Å². The third-order valence-corrected chi connectivity index (χ3v) is 5.50. The van der Waals surface area contributed by atoms with Crippen molar-refractivity contribution in [2.24, 2.45) is 0 Å². The van der Waals surface area contributed by atoms with Crippen LogP contribution < -0.4 is 4.74 Å². The monoisotopic (exact) mass is 385 g/mol. The van der Waals surface area contributed by atoms with Gasteiger partial charge in [-0.1, -0.05) is 23.9 Å². The molecule has 140 valence electrons. The molecule has 2 aromatic heterocycles. The molecule has 8 heteroatoms.